The smallest absolute Gasteiger partial charge is 0.357 e. The third kappa shape index (κ3) is 2.27. The van der Waals surface area contributed by atoms with E-state index in [9.17, 15) is 9.59 Å². The topological polar surface area (TPSA) is 83.4 Å². The van der Waals surface area contributed by atoms with Gasteiger partial charge >= 0.3 is 5.97 Å². The summed E-state index contributed by atoms with van der Waals surface area (Å²) in [6, 6.07) is 0. The summed E-state index contributed by atoms with van der Waals surface area (Å²) in [5.74, 6) is -1.07. The molecule has 2 rings (SSSR count). The van der Waals surface area contributed by atoms with Gasteiger partial charge in [0.25, 0.3) is 0 Å². The molecule has 0 aromatic rings. The Morgan fingerprint density at radius 3 is 2.76 bits per heavy atom. The number of alkyl halides is 1. The summed E-state index contributed by atoms with van der Waals surface area (Å²) in [5, 5.41) is 2.67. The molecular weight excluding hydrogens is 302 g/mol. The van der Waals surface area contributed by atoms with E-state index >= 15 is 0 Å². The summed E-state index contributed by atoms with van der Waals surface area (Å²) in [6.07, 6.45) is 2.63. The normalized spacial score (nSPS) is 27.5. The van der Waals surface area contributed by atoms with Crippen LogP contribution < -0.4 is 0 Å². The molecule has 2 aliphatic rings. The number of nitrogens with zero attached hydrogens (tertiary/aromatic N) is 1. The number of carbonyl (C=O) groups excluding carboxylic acids is 2. The summed E-state index contributed by atoms with van der Waals surface area (Å²) < 4.78 is 15.1. The first-order valence-corrected chi connectivity index (χ1v) is 6.59. The quantitative estimate of drug-likeness (QED) is 0.567. The van der Waals surface area contributed by atoms with Gasteiger partial charge in [-0.1, -0.05) is 5.16 Å². The van der Waals surface area contributed by atoms with Gasteiger partial charge in [0.1, 0.15) is 5.38 Å². The van der Waals surface area contributed by atoms with Crippen LogP contribution in [-0.2, 0) is 28.6 Å². The molecule has 1 aliphatic heterocycles. The Labute approximate surface area is 126 Å². The van der Waals surface area contributed by atoms with Crippen molar-refractivity contribution in [3.05, 3.63) is 23.7 Å². The van der Waals surface area contributed by atoms with Crippen molar-refractivity contribution in [2.45, 2.75) is 17.9 Å². The van der Waals surface area contributed by atoms with Crippen LogP contribution in [0.1, 0.15) is 6.92 Å². The van der Waals surface area contributed by atoms with Gasteiger partial charge in [0.2, 0.25) is 17.1 Å². The summed E-state index contributed by atoms with van der Waals surface area (Å²) in [4.78, 5) is 28.9. The molecule has 0 N–H and O–H groups in total. The van der Waals surface area contributed by atoms with Crippen molar-refractivity contribution in [1.29, 1.82) is 0 Å². The van der Waals surface area contributed by atoms with Crippen molar-refractivity contribution in [2.75, 3.05) is 20.8 Å². The molecule has 1 spiro atoms. The molecule has 21 heavy (non-hydrogen) atoms. The van der Waals surface area contributed by atoms with Crippen LogP contribution in [0.5, 0.6) is 0 Å². The summed E-state index contributed by atoms with van der Waals surface area (Å²) in [7, 11) is 2.67. The van der Waals surface area contributed by atoms with Crippen LogP contribution in [0.3, 0.4) is 0 Å². The second-order valence-electron chi connectivity index (χ2n) is 4.21. The van der Waals surface area contributed by atoms with E-state index < -0.39 is 22.7 Å². The highest BCUT2D eigenvalue weighted by Gasteiger charge is 2.56. The van der Waals surface area contributed by atoms with Gasteiger partial charge < -0.3 is 19.0 Å². The summed E-state index contributed by atoms with van der Waals surface area (Å²) >= 11 is 6.30. The zero-order valence-corrected chi connectivity index (χ0v) is 12.5. The number of ketones is 1. The average molecular weight is 316 g/mol. The van der Waals surface area contributed by atoms with Crippen molar-refractivity contribution >= 4 is 29.1 Å². The monoisotopic (exact) mass is 315 g/mol. The number of halogens is 1. The Hall–Kier alpha value is -2.02. The van der Waals surface area contributed by atoms with E-state index in [1.54, 1.807) is 6.92 Å². The van der Waals surface area contributed by atoms with Gasteiger partial charge in [-0.05, 0) is 19.1 Å². The molecule has 1 aliphatic carbocycles. The van der Waals surface area contributed by atoms with E-state index in [1.165, 1.54) is 26.4 Å². The lowest BCUT2D eigenvalue weighted by Crippen LogP contribution is -2.46. The number of oxime groups is 1. The Balaban J connectivity index is 2.41. The molecule has 0 aromatic carbocycles. The van der Waals surface area contributed by atoms with E-state index in [2.05, 4.69) is 5.16 Å². The van der Waals surface area contributed by atoms with E-state index in [1.807, 2.05) is 0 Å². The second-order valence-corrected chi connectivity index (χ2v) is 4.64. The highest BCUT2D eigenvalue weighted by molar-refractivity contribution is 6.51. The molecule has 0 radical (unpaired) electrons. The number of ether oxygens (including phenoxy) is 3. The van der Waals surface area contributed by atoms with Crippen molar-refractivity contribution in [1.82, 2.24) is 0 Å². The van der Waals surface area contributed by atoms with Crippen molar-refractivity contribution in [3.8, 4) is 0 Å². The minimum Gasteiger partial charge on any atom is -0.493 e. The Kier molecular flexibility index (Phi) is 4.22. The van der Waals surface area contributed by atoms with Gasteiger partial charge in [-0.15, -0.1) is 11.6 Å². The van der Waals surface area contributed by atoms with Gasteiger partial charge in [0.05, 0.1) is 20.8 Å². The average Bonchev–Trinajstić information content (AvgIpc) is 2.79. The molecular formula is C13H14ClNO6. The fourth-order valence-electron chi connectivity index (χ4n) is 2.12. The lowest BCUT2D eigenvalue weighted by atomic mass is 9.88. The SMILES string of the molecule is CCOC(=O)C1=NO[C@]2(C=CC(=O)C(OC)=C2OC)[C@@H]1Cl. The van der Waals surface area contributed by atoms with Crippen molar-refractivity contribution < 1.29 is 28.6 Å². The molecule has 0 aromatic heterocycles. The number of methoxy groups -OCH3 is 2. The van der Waals surface area contributed by atoms with Crippen LogP contribution in [0.15, 0.2) is 28.8 Å². The van der Waals surface area contributed by atoms with Crippen molar-refractivity contribution in [3.63, 3.8) is 0 Å². The number of rotatable bonds is 4. The minimum atomic E-state index is -1.41. The zero-order chi connectivity index (χ0) is 15.6. The molecule has 0 saturated carbocycles. The van der Waals surface area contributed by atoms with Crippen LogP contribution in [0.25, 0.3) is 0 Å². The minimum absolute atomic E-state index is 0.0500. The first kappa shape index (κ1) is 15.4. The van der Waals surface area contributed by atoms with Crippen LogP contribution in [0.4, 0.5) is 0 Å². The number of carbonyl (C=O) groups is 2. The predicted octanol–water partition coefficient (Wildman–Crippen LogP) is 0.925. The third-order valence-corrected chi connectivity index (χ3v) is 3.60. The lowest BCUT2D eigenvalue weighted by molar-refractivity contribution is -0.135. The molecule has 8 heteroatoms. The fourth-order valence-corrected chi connectivity index (χ4v) is 2.46. The number of hydrogen-bond donors (Lipinski definition) is 0. The van der Waals surface area contributed by atoms with Gasteiger partial charge in [0, 0.05) is 0 Å². The maximum atomic E-state index is 11.8. The molecule has 0 unspecified atom stereocenters. The number of allylic oxidation sites excluding steroid dienone is 1. The van der Waals surface area contributed by atoms with Gasteiger partial charge in [0.15, 0.2) is 11.5 Å². The summed E-state index contributed by atoms with van der Waals surface area (Å²) in [6.45, 7) is 1.84. The molecule has 2 atom stereocenters. The molecule has 0 fully saturated rings. The highest BCUT2D eigenvalue weighted by atomic mass is 35.5. The Bertz CT molecular complexity index is 567. The first-order chi connectivity index (χ1) is 10.0. The second kappa shape index (κ2) is 5.77. The van der Waals surface area contributed by atoms with E-state index in [0.29, 0.717) is 0 Å². The number of esters is 1. The van der Waals surface area contributed by atoms with E-state index in [-0.39, 0.29) is 23.8 Å². The van der Waals surface area contributed by atoms with Crippen LogP contribution in [0, 0.1) is 0 Å². The zero-order valence-electron chi connectivity index (χ0n) is 11.7. The standard InChI is InChI=1S/C13H14ClNO6/c1-4-20-12(17)8-10(14)13(21-15-8)6-5-7(16)9(18-2)11(13)19-3/h5-6,10H,4H2,1-3H3/t10-,13-/m1/s1. The third-order valence-electron chi connectivity index (χ3n) is 3.07. The lowest BCUT2D eigenvalue weighted by Gasteiger charge is -2.31. The van der Waals surface area contributed by atoms with Crippen LogP contribution in [0.2, 0.25) is 0 Å². The molecule has 0 amide bonds. The fraction of sp³-hybridized carbons (Fsp3) is 0.462. The summed E-state index contributed by atoms with van der Waals surface area (Å²) in [5.41, 5.74) is -1.50. The maximum Gasteiger partial charge on any atom is 0.357 e. The Morgan fingerprint density at radius 2 is 2.19 bits per heavy atom. The van der Waals surface area contributed by atoms with E-state index in [0.717, 1.165) is 0 Å². The van der Waals surface area contributed by atoms with E-state index in [4.69, 9.17) is 30.6 Å². The van der Waals surface area contributed by atoms with Gasteiger partial charge in [-0.25, -0.2) is 4.79 Å². The van der Waals surface area contributed by atoms with Gasteiger partial charge in [-0.2, -0.15) is 0 Å². The highest BCUT2D eigenvalue weighted by Crippen LogP contribution is 2.41. The molecule has 1 heterocycles. The maximum absolute atomic E-state index is 11.8. The Morgan fingerprint density at radius 1 is 1.48 bits per heavy atom. The van der Waals surface area contributed by atoms with Crippen LogP contribution in [-0.4, -0.2) is 49.3 Å². The molecule has 0 saturated heterocycles. The molecule has 0 bridgehead atoms. The van der Waals surface area contributed by atoms with Gasteiger partial charge in [-0.3, -0.25) is 4.79 Å². The molecule has 7 nitrogen and oxygen atoms in total. The number of hydrogen-bond acceptors (Lipinski definition) is 7. The van der Waals surface area contributed by atoms with Crippen molar-refractivity contribution in [2.24, 2.45) is 5.16 Å². The molecule has 114 valence electrons. The largest absolute Gasteiger partial charge is 0.493 e. The predicted molar refractivity (Wildman–Crippen MR) is 72.7 cm³/mol. The first-order valence-electron chi connectivity index (χ1n) is 6.15. The van der Waals surface area contributed by atoms with Crippen LogP contribution >= 0.6 is 11.6 Å².